The van der Waals surface area contributed by atoms with Crippen LogP contribution in [0.1, 0.15) is 90.1 Å². The van der Waals surface area contributed by atoms with Crippen molar-refractivity contribution in [1.82, 2.24) is 9.13 Å². The van der Waals surface area contributed by atoms with Gasteiger partial charge in [0.2, 0.25) is 0 Å². The van der Waals surface area contributed by atoms with Gasteiger partial charge in [0.05, 0.1) is 0 Å². The summed E-state index contributed by atoms with van der Waals surface area (Å²) in [5, 5.41) is 17.7. The number of fused-ring (bicyclic) bond motifs is 3. The number of nitrogens with zero attached hydrogens (tertiary/aromatic N) is 2. The summed E-state index contributed by atoms with van der Waals surface area (Å²) in [6.07, 6.45) is 17.6. The minimum Gasteiger partial charge on any atom is -0.481 e. The van der Waals surface area contributed by atoms with E-state index in [2.05, 4.69) is 64.0 Å². The Kier molecular flexibility index (Phi) is 10.3. The summed E-state index contributed by atoms with van der Waals surface area (Å²) in [6, 6.07) is 20.2. The van der Waals surface area contributed by atoms with Gasteiger partial charge in [-0.1, -0.05) is 59.3 Å². The minimum absolute atomic E-state index is 0. The van der Waals surface area contributed by atoms with E-state index in [0.717, 1.165) is 61.2 Å². The van der Waals surface area contributed by atoms with Crippen LogP contribution in [-0.2, 0) is 30.0 Å². The Morgan fingerprint density at radius 2 is 0.844 bits per heavy atom. The van der Waals surface area contributed by atoms with Crippen molar-refractivity contribution in [3.8, 4) is 0 Å². The van der Waals surface area contributed by atoms with E-state index in [4.69, 9.17) is 19.8 Å². The molecule has 0 unspecified atom stereocenters. The van der Waals surface area contributed by atoms with Crippen LogP contribution in [0, 0.1) is 47.3 Å². The zero-order chi connectivity index (χ0) is 29.8. The molecule has 8 heteroatoms. The predicted octanol–water partition coefficient (Wildman–Crippen LogP) is 7.79. The molecule has 0 aliphatic heterocycles. The maximum atomic E-state index is 9.00. The molecule has 11 rings (SSSR count). The molecule has 8 bridgehead atoms. The molecule has 1 aromatic heterocycles. The molecular formula is C37H49N2O5Pd-. The zero-order valence-corrected chi connectivity index (χ0v) is 28.0. The number of para-hydroxylation sites is 2. The van der Waals surface area contributed by atoms with Crippen molar-refractivity contribution in [3.63, 3.8) is 0 Å². The van der Waals surface area contributed by atoms with Gasteiger partial charge in [0.15, 0.2) is 0 Å². The second-order valence-electron chi connectivity index (χ2n) is 14.8. The van der Waals surface area contributed by atoms with E-state index in [1.165, 1.54) is 86.0 Å². The number of benzene rings is 2. The zero-order valence-electron chi connectivity index (χ0n) is 26.5. The quantitative estimate of drug-likeness (QED) is 0.209. The number of carbonyl (C=O) groups is 2. The molecular weight excluding hydrogens is 659 g/mol. The fraction of sp³-hybridized carbons (Fsp3) is 0.595. The van der Waals surface area contributed by atoms with Crippen molar-refractivity contribution < 1.29 is 45.7 Å². The fourth-order valence-electron chi connectivity index (χ4n) is 11.3. The maximum absolute atomic E-state index is 9.00. The first-order chi connectivity index (χ1) is 20.7. The largest absolute Gasteiger partial charge is 0.481 e. The summed E-state index contributed by atoms with van der Waals surface area (Å²) in [5.74, 6) is 5.97. The Hall–Kier alpha value is -2.53. The number of aliphatic carboxylic acids is 2. The summed E-state index contributed by atoms with van der Waals surface area (Å²) in [7, 11) is 0. The van der Waals surface area contributed by atoms with Gasteiger partial charge in [0.25, 0.3) is 11.9 Å². The van der Waals surface area contributed by atoms with Crippen LogP contribution >= 0.6 is 0 Å². The average molecular weight is 708 g/mol. The first-order valence-corrected chi connectivity index (χ1v) is 16.7. The molecule has 8 aliphatic carbocycles. The molecule has 4 N–H and O–H groups in total. The van der Waals surface area contributed by atoms with Crippen LogP contribution in [0.15, 0.2) is 54.9 Å². The smallest absolute Gasteiger partial charge is 0.300 e. The molecule has 8 fully saturated rings. The molecule has 8 aliphatic rings. The second kappa shape index (κ2) is 13.7. The molecule has 0 amide bonds. The standard InChI is InChI=1S/C33H39N2.2C2H4O2.H2O.Pd/c1-3-7-30-28(5-1)29-6-2-4-8-31(29)35(33-26-15-22-10-23(17-26)18-27(33)16-22)19-34(30)32-24-11-20-9-21(13-24)14-25(32)12-20;2*1-2(3)4;;/h1-8,19-27,32-33H,9-18H2;2*1H3,(H,3,4);1H2;/q-1;;;;. The number of hydrogen-bond donors (Lipinski definition) is 2. The summed E-state index contributed by atoms with van der Waals surface area (Å²) in [4.78, 5) is 18.0. The van der Waals surface area contributed by atoms with Gasteiger partial charge >= 0.3 is 0 Å². The van der Waals surface area contributed by atoms with Gasteiger partial charge in [-0.2, -0.15) is 0 Å². The number of carboxylic acids is 2. The van der Waals surface area contributed by atoms with E-state index in [0.29, 0.717) is 12.1 Å². The van der Waals surface area contributed by atoms with E-state index in [1.807, 2.05) is 0 Å². The molecule has 1 heterocycles. The summed E-state index contributed by atoms with van der Waals surface area (Å²) in [5.41, 5.74) is 2.95. The number of carboxylic acid groups (broad SMARTS) is 2. The summed E-state index contributed by atoms with van der Waals surface area (Å²) < 4.78 is 5.71. The van der Waals surface area contributed by atoms with Crippen LogP contribution in [0.4, 0.5) is 0 Å². The van der Waals surface area contributed by atoms with Gasteiger partial charge in [-0.3, -0.25) is 9.59 Å². The normalized spacial score (nSPS) is 34.4. The summed E-state index contributed by atoms with van der Waals surface area (Å²) >= 11 is 0. The molecule has 2 aromatic carbocycles. The van der Waals surface area contributed by atoms with Gasteiger partial charge in [0.1, 0.15) is 0 Å². The van der Waals surface area contributed by atoms with Crippen molar-refractivity contribution in [2.45, 2.75) is 90.1 Å². The molecule has 0 radical (unpaired) electrons. The first kappa shape index (κ1) is 33.8. The van der Waals surface area contributed by atoms with Crippen molar-refractivity contribution in [1.29, 1.82) is 0 Å². The van der Waals surface area contributed by atoms with Crippen molar-refractivity contribution >= 4 is 33.7 Å². The van der Waals surface area contributed by atoms with Crippen LogP contribution in [0.3, 0.4) is 0 Å². The third-order valence-electron chi connectivity index (χ3n) is 11.9. The molecule has 8 saturated carbocycles. The SMILES string of the molecule is CC(=O)O.CC(=O)O.O.[Pd].c1ccc2c(c1)c1ccccc1n(C1C3CC4CC(C3)CC1C4)[cH-]n2C1C2CC3CC(C2)CC1C3. The molecule has 0 saturated heterocycles. The Morgan fingerprint density at radius 1 is 0.578 bits per heavy atom. The molecule has 248 valence electrons. The van der Waals surface area contributed by atoms with E-state index in [9.17, 15) is 0 Å². The van der Waals surface area contributed by atoms with Crippen molar-refractivity contribution in [2.75, 3.05) is 0 Å². The van der Waals surface area contributed by atoms with Crippen molar-refractivity contribution in [2.24, 2.45) is 47.3 Å². The summed E-state index contributed by atoms with van der Waals surface area (Å²) in [6.45, 7) is 2.17. The Balaban J connectivity index is 0.000000363. The van der Waals surface area contributed by atoms with Crippen LogP contribution in [-0.4, -0.2) is 36.8 Å². The molecule has 7 nitrogen and oxygen atoms in total. The topological polar surface area (TPSA) is 116 Å². The van der Waals surface area contributed by atoms with E-state index < -0.39 is 11.9 Å². The number of hydrogen-bond acceptors (Lipinski definition) is 2. The predicted molar refractivity (Wildman–Crippen MR) is 173 cm³/mol. The van der Waals surface area contributed by atoms with E-state index >= 15 is 0 Å². The van der Waals surface area contributed by atoms with E-state index in [1.54, 1.807) is 0 Å². The number of rotatable bonds is 2. The van der Waals surface area contributed by atoms with Crippen LogP contribution < -0.4 is 0 Å². The van der Waals surface area contributed by atoms with Gasteiger partial charge in [-0.05, 0) is 129 Å². The van der Waals surface area contributed by atoms with Crippen LogP contribution in [0.25, 0.3) is 21.8 Å². The Bertz CT molecular complexity index is 1390. The first-order valence-electron chi connectivity index (χ1n) is 16.7. The Labute approximate surface area is 280 Å². The third kappa shape index (κ3) is 6.53. The third-order valence-corrected chi connectivity index (χ3v) is 11.9. The van der Waals surface area contributed by atoms with Gasteiger partial charge < -0.3 is 24.8 Å². The fourth-order valence-corrected chi connectivity index (χ4v) is 11.3. The molecule has 45 heavy (non-hydrogen) atoms. The average Bonchev–Trinajstić information content (AvgIpc) is 3.07. The minimum atomic E-state index is -0.833. The van der Waals surface area contributed by atoms with Gasteiger partial charge in [-0.25, -0.2) is 0 Å². The Morgan fingerprint density at radius 3 is 1.13 bits per heavy atom. The molecule has 3 aromatic rings. The second-order valence-corrected chi connectivity index (χ2v) is 14.8. The van der Waals surface area contributed by atoms with Gasteiger partial charge in [-0.15, -0.1) is 0 Å². The van der Waals surface area contributed by atoms with Crippen LogP contribution in [0.5, 0.6) is 0 Å². The van der Waals surface area contributed by atoms with Crippen LogP contribution in [0.2, 0.25) is 0 Å². The molecule has 0 atom stereocenters. The van der Waals surface area contributed by atoms with Gasteiger partial charge in [0, 0.05) is 46.4 Å². The monoisotopic (exact) mass is 707 g/mol. The maximum Gasteiger partial charge on any atom is 0.300 e. The van der Waals surface area contributed by atoms with Crippen molar-refractivity contribution in [3.05, 3.63) is 54.9 Å². The number of aromatic nitrogens is 2. The molecule has 0 spiro atoms. The van der Waals surface area contributed by atoms with E-state index in [-0.39, 0.29) is 25.9 Å².